The first kappa shape index (κ1) is 15.9. The molecule has 1 aliphatic rings. The van der Waals surface area contributed by atoms with Crippen molar-refractivity contribution < 1.29 is 27.9 Å². The van der Waals surface area contributed by atoms with Crippen LogP contribution in [0.5, 0.6) is 0 Å². The van der Waals surface area contributed by atoms with Crippen LogP contribution in [0.25, 0.3) is 0 Å². The highest BCUT2D eigenvalue weighted by molar-refractivity contribution is 7.92. The topological polar surface area (TPSA) is 101 Å². The van der Waals surface area contributed by atoms with Crippen LogP contribution in [-0.2, 0) is 24.2 Å². The quantitative estimate of drug-likeness (QED) is 0.724. The standard InChI is InChI=1S/C11H19NO6S/c1-8(2)6-19(16,17)7-10(13)12-3-4-18-5-9(12)11(14)15/h8-9H,3-7H2,1-2H3,(H,14,15)/t9-/m0/s1. The van der Waals surface area contributed by atoms with Gasteiger partial charge in [0.05, 0.1) is 19.0 Å². The van der Waals surface area contributed by atoms with Crippen molar-refractivity contribution in [1.29, 1.82) is 0 Å². The van der Waals surface area contributed by atoms with Crippen molar-refractivity contribution in [2.24, 2.45) is 5.92 Å². The van der Waals surface area contributed by atoms with Crippen molar-refractivity contribution in [3.63, 3.8) is 0 Å². The number of hydrogen-bond acceptors (Lipinski definition) is 5. The molecule has 1 fully saturated rings. The Hall–Kier alpha value is -1.15. The molecule has 19 heavy (non-hydrogen) atoms. The van der Waals surface area contributed by atoms with E-state index in [-0.39, 0.29) is 31.4 Å². The maximum absolute atomic E-state index is 11.9. The molecule has 1 rings (SSSR count). The van der Waals surface area contributed by atoms with Gasteiger partial charge in [0.25, 0.3) is 0 Å². The van der Waals surface area contributed by atoms with Gasteiger partial charge >= 0.3 is 5.97 Å². The van der Waals surface area contributed by atoms with Gasteiger partial charge in [0.2, 0.25) is 5.91 Å². The van der Waals surface area contributed by atoms with Gasteiger partial charge in [0.15, 0.2) is 15.9 Å². The zero-order chi connectivity index (χ0) is 14.6. The Morgan fingerprint density at radius 2 is 2.05 bits per heavy atom. The van der Waals surface area contributed by atoms with Gasteiger partial charge in [-0.1, -0.05) is 13.8 Å². The molecule has 110 valence electrons. The van der Waals surface area contributed by atoms with Crippen molar-refractivity contribution in [1.82, 2.24) is 4.90 Å². The smallest absolute Gasteiger partial charge is 0.328 e. The van der Waals surface area contributed by atoms with Crippen molar-refractivity contribution in [3.8, 4) is 0 Å². The molecule has 1 N–H and O–H groups in total. The first-order chi connectivity index (χ1) is 8.73. The summed E-state index contributed by atoms with van der Waals surface area (Å²) in [4.78, 5) is 24.0. The Kier molecular flexibility index (Phi) is 5.30. The molecule has 1 amide bonds. The molecule has 1 heterocycles. The van der Waals surface area contributed by atoms with Gasteiger partial charge in [-0.25, -0.2) is 13.2 Å². The minimum Gasteiger partial charge on any atom is -0.480 e. The van der Waals surface area contributed by atoms with Crippen LogP contribution in [0.2, 0.25) is 0 Å². The van der Waals surface area contributed by atoms with Crippen molar-refractivity contribution in [2.45, 2.75) is 19.9 Å². The number of amides is 1. The second-order valence-electron chi connectivity index (χ2n) is 4.96. The molecule has 0 spiro atoms. The molecule has 0 aliphatic carbocycles. The fourth-order valence-corrected chi connectivity index (χ4v) is 3.62. The van der Waals surface area contributed by atoms with Gasteiger partial charge < -0.3 is 14.7 Å². The predicted octanol–water partition coefficient (Wildman–Crippen LogP) is -0.631. The van der Waals surface area contributed by atoms with Crippen molar-refractivity contribution in [2.75, 3.05) is 31.3 Å². The Bertz CT molecular complexity index is 444. The zero-order valence-corrected chi connectivity index (χ0v) is 11.9. The number of nitrogens with zero attached hydrogens (tertiary/aromatic N) is 1. The highest BCUT2D eigenvalue weighted by Crippen LogP contribution is 2.10. The lowest BCUT2D eigenvalue weighted by atomic mass is 10.2. The first-order valence-corrected chi connectivity index (χ1v) is 7.85. The van der Waals surface area contributed by atoms with Crippen LogP contribution in [0.1, 0.15) is 13.8 Å². The average molecular weight is 293 g/mol. The van der Waals surface area contributed by atoms with Gasteiger partial charge in [-0.2, -0.15) is 0 Å². The van der Waals surface area contributed by atoms with Crippen LogP contribution in [0.15, 0.2) is 0 Å². The number of morpholine rings is 1. The molecule has 0 unspecified atom stereocenters. The van der Waals surface area contributed by atoms with Crippen LogP contribution in [-0.4, -0.2) is 67.6 Å². The van der Waals surface area contributed by atoms with E-state index in [1.165, 1.54) is 0 Å². The Morgan fingerprint density at radius 1 is 1.42 bits per heavy atom. The zero-order valence-electron chi connectivity index (χ0n) is 11.0. The summed E-state index contributed by atoms with van der Waals surface area (Å²) in [7, 11) is -3.50. The molecule has 8 heteroatoms. The molecule has 0 aromatic rings. The van der Waals surface area contributed by atoms with E-state index in [9.17, 15) is 18.0 Å². The third-order valence-electron chi connectivity index (χ3n) is 2.66. The summed E-state index contributed by atoms with van der Waals surface area (Å²) in [6.45, 7) is 3.71. The Morgan fingerprint density at radius 3 is 2.58 bits per heavy atom. The first-order valence-electron chi connectivity index (χ1n) is 6.03. The summed E-state index contributed by atoms with van der Waals surface area (Å²) in [5.41, 5.74) is 0. The molecule has 0 radical (unpaired) electrons. The normalized spacial score (nSPS) is 20.6. The summed E-state index contributed by atoms with van der Waals surface area (Å²) < 4.78 is 28.5. The van der Waals surface area contributed by atoms with Gasteiger partial charge in [-0.05, 0) is 5.92 Å². The fourth-order valence-electron chi connectivity index (χ4n) is 1.94. The van der Waals surface area contributed by atoms with Gasteiger partial charge in [-0.3, -0.25) is 4.79 Å². The monoisotopic (exact) mass is 293 g/mol. The van der Waals surface area contributed by atoms with Gasteiger partial charge in [0, 0.05) is 6.54 Å². The molecular weight excluding hydrogens is 274 g/mol. The SMILES string of the molecule is CC(C)CS(=O)(=O)CC(=O)N1CCOC[C@H]1C(=O)O. The van der Waals surface area contributed by atoms with E-state index in [1.54, 1.807) is 13.8 Å². The molecule has 0 saturated carbocycles. The largest absolute Gasteiger partial charge is 0.480 e. The highest BCUT2D eigenvalue weighted by Gasteiger charge is 2.34. The van der Waals surface area contributed by atoms with E-state index in [2.05, 4.69) is 0 Å². The van der Waals surface area contributed by atoms with Gasteiger partial charge in [-0.15, -0.1) is 0 Å². The molecule has 0 aromatic carbocycles. The molecule has 1 atom stereocenters. The summed E-state index contributed by atoms with van der Waals surface area (Å²) in [5, 5.41) is 8.98. The number of rotatable bonds is 5. The molecule has 0 bridgehead atoms. The number of carbonyl (C=O) groups is 2. The number of carboxylic acid groups (broad SMARTS) is 1. The van der Waals surface area contributed by atoms with E-state index in [0.717, 1.165) is 4.90 Å². The second-order valence-corrected chi connectivity index (χ2v) is 7.07. The van der Waals surface area contributed by atoms with E-state index in [4.69, 9.17) is 9.84 Å². The third-order valence-corrected chi connectivity index (χ3v) is 4.53. The van der Waals surface area contributed by atoms with Gasteiger partial charge in [0.1, 0.15) is 5.75 Å². The van der Waals surface area contributed by atoms with Crippen LogP contribution < -0.4 is 0 Å². The lowest BCUT2D eigenvalue weighted by Crippen LogP contribution is -2.54. The van der Waals surface area contributed by atoms with Crippen molar-refractivity contribution >= 4 is 21.7 Å². The number of carboxylic acids is 1. The van der Waals surface area contributed by atoms with E-state index >= 15 is 0 Å². The summed E-state index contributed by atoms with van der Waals surface area (Å²) in [6.07, 6.45) is 0. The van der Waals surface area contributed by atoms with Crippen LogP contribution in [0, 0.1) is 5.92 Å². The fraction of sp³-hybridized carbons (Fsp3) is 0.818. The maximum atomic E-state index is 11.9. The molecule has 1 saturated heterocycles. The minimum absolute atomic E-state index is 0.0715. The number of hydrogen-bond donors (Lipinski definition) is 1. The lowest BCUT2D eigenvalue weighted by molar-refractivity contribution is -0.157. The molecular formula is C11H19NO6S. The maximum Gasteiger partial charge on any atom is 0.328 e. The molecule has 0 aromatic heterocycles. The molecule has 1 aliphatic heterocycles. The summed E-state index contributed by atoms with van der Waals surface area (Å²) in [5.74, 6) is -2.65. The molecule has 7 nitrogen and oxygen atoms in total. The number of aliphatic carboxylic acids is 1. The van der Waals surface area contributed by atoms with Crippen LogP contribution >= 0.6 is 0 Å². The van der Waals surface area contributed by atoms with E-state index in [0.29, 0.717) is 0 Å². The lowest BCUT2D eigenvalue weighted by Gasteiger charge is -2.32. The Balaban J connectivity index is 2.73. The van der Waals surface area contributed by atoms with E-state index in [1.807, 2.05) is 0 Å². The average Bonchev–Trinajstić information content (AvgIpc) is 2.26. The second kappa shape index (κ2) is 6.33. The van der Waals surface area contributed by atoms with Crippen LogP contribution in [0.4, 0.5) is 0 Å². The summed E-state index contributed by atoms with van der Waals surface area (Å²) >= 11 is 0. The number of sulfone groups is 1. The van der Waals surface area contributed by atoms with Crippen molar-refractivity contribution in [3.05, 3.63) is 0 Å². The Labute approximate surface area is 112 Å². The summed E-state index contributed by atoms with van der Waals surface area (Å²) in [6, 6.07) is -1.10. The number of carbonyl (C=O) groups excluding carboxylic acids is 1. The third kappa shape index (κ3) is 4.79. The van der Waals surface area contributed by atoms with Crippen LogP contribution in [0.3, 0.4) is 0 Å². The number of ether oxygens (including phenoxy) is 1. The minimum atomic E-state index is -3.50. The highest BCUT2D eigenvalue weighted by atomic mass is 32.2. The van der Waals surface area contributed by atoms with E-state index < -0.39 is 33.5 Å². The predicted molar refractivity (Wildman–Crippen MR) is 67.4 cm³/mol.